The molecule has 0 bridgehead atoms. The molecule has 2 heterocycles. The lowest BCUT2D eigenvalue weighted by Gasteiger charge is -2.15. The summed E-state index contributed by atoms with van der Waals surface area (Å²) in [6.07, 6.45) is 0.839. The molecule has 0 fully saturated rings. The molecule has 1 aromatic carbocycles. The third-order valence-electron chi connectivity index (χ3n) is 4.24. The van der Waals surface area contributed by atoms with Crippen molar-refractivity contribution in [1.29, 1.82) is 0 Å². The lowest BCUT2D eigenvalue weighted by molar-refractivity contribution is 0.113. The van der Waals surface area contributed by atoms with Crippen molar-refractivity contribution in [3.05, 3.63) is 40.5 Å². The maximum atomic E-state index is 9.62. The molecular formula is C21H25ClN4O4. The summed E-state index contributed by atoms with van der Waals surface area (Å²) in [7, 11) is 0. The molecular weight excluding hydrogens is 408 g/mol. The second-order valence-corrected chi connectivity index (χ2v) is 7.65. The van der Waals surface area contributed by atoms with Gasteiger partial charge in [0.15, 0.2) is 0 Å². The predicted molar refractivity (Wildman–Crippen MR) is 114 cm³/mol. The molecule has 30 heavy (non-hydrogen) atoms. The van der Waals surface area contributed by atoms with Crippen molar-refractivity contribution in [2.75, 3.05) is 13.2 Å². The molecule has 0 amide bonds. The van der Waals surface area contributed by atoms with Crippen molar-refractivity contribution in [1.82, 2.24) is 15.1 Å². The first-order chi connectivity index (χ1) is 14.3. The van der Waals surface area contributed by atoms with Crippen LogP contribution < -0.4 is 15.2 Å². The molecule has 0 spiro atoms. The third kappa shape index (κ3) is 5.08. The maximum absolute atomic E-state index is 9.62. The van der Waals surface area contributed by atoms with E-state index in [4.69, 9.17) is 31.3 Å². The minimum absolute atomic E-state index is 0.0344. The predicted octanol–water partition coefficient (Wildman–Crippen LogP) is 3.55. The lowest BCUT2D eigenvalue weighted by atomic mass is 10.1. The summed E-state index contributed by atoms with van der Waals surface area (Å²) in [6.45, 7) is 7.91. The molecule has 9 heteroatoms. The Kier molecular flexibility index (Phi) is 6.91. The van der Waals surface area contributed by atoms with E-state index in [1.165, 1.54) is 0 Å². The Bertz CT molecular complexity index is 999. The van der Waals surface area contributed by atoms with Gasteiger partial charge in [-0.25, -0.2) is 4.98 Å². The van der Waals surface area contributed by atoms with Gasteiger partial charge < -0.3 is 24.8 Å². The molecule has 0 radical (unpaired) electrons. The van der Waals surface area contributed by atoms with Crippen LogP contribution in [0.15, 0.2) is 28.9 Å². The van der Waals surface area contributed by atoms with Gasteiger partial charge in [-0.1, -0.05) is 16.8 Å². The first-order valence-electron chi connectivity index (χ1n) is 9.57. The number of nitrogens with two attached hydrogens (primary N) is 1. The van der Waals surface area contributed by atoms with Crippen LogP contribution in [0.25, 0.3) is 22.8 Å². The summed E-state index contributed by atoms with van der Waals surface area (Å²) in [5.41, 5.74) is 8.58. The molecule has 0 unspecified atom stereocenters. The first kappa shape index (κ1) is 22.0. The molecule has 1 atom stereocenters. The number of pyridine rings is 1. The number of hydrogen-bond donors (Lipinski definition) is 2. The van der Waals surface area contributed by atoms with Gasteiger partial charge in [0.05, 0.1) is 11.7 Å². The van der Waals surface area contributed by atoms with E-state index in [0.717, 1.165) is 16.7 Å². The van der Waals surface area contributed by atoms with Gasteiger partial charge in [-0.05, 0) is 57.0 Å². The summed E-state index contributed by atoms with van der Waals surface area (Å²) in [5, 5.41) is 14.1. The monoisotopic (exact) mass is 432 g/mol. The fraction of sp³-hybridized carbons (Fsp3) is 0.381. The van der Waals surface area contributed by atoms with Crippen molar-refractivity contribution in [2.45, 2.75) is 39.9 Å². The third-order valence-corrected chi connectivity index (χ3v) is 4.51. The molecule has 3 N–H and O–H groups in total. The van der Waals surface area contributed by atoms with E-state index in [9.17, 15) is 5.11 Å². The fourth-order valence-corrected chi connectivity index (χ4v) is 3.08. The van der Waals surface area contributed by atoms with Crippen LogP contribution in [0.5, 0.6) is 11.6 Å². The summed E-state index contributed by atoms with van der Waals surface area (Å²) in [4.78, 5) is 8.70. The normalized spacial score (nSPS) is 12.3. The number of hydrogen-bond acceptors (Lipinski definition) is 8. The van der Waals surface area contributed by atoms with Crippen LogP contribution in [-0.2, 0) is 0 Å². The Hall–Kier alpha value is -2.68. The number of aliphatic hydroxyl groups excluding tert-OH is 1. The highest BCUT2D eigenvalue weighted by molar-refractivity contribution is 6.32. The van der Waals surface area contributed by atoms with Crippen LogP contribution in [0.3, 0.4) is 0 Å². The average molecular weight is 433 g/mol. The molecule has 3 rings (SSSR count). The Morgan fingerprint density at radius 2 is 1.87 bits per heavy atom. The van der Waals surface area contributed by atoms with E-state index in [1.54, 1.807) is 12.3 Å². The number of aryl methyl sites for hydroxylation is 2. The van der Waals surface area contributed by atoms with Crippen molar-refractivity contribution >= 4 is 11.6 Å². The summed E-state index contributed by atoms with van der Waals surface area (Å²) in [6, 6.07) is 5.48. The van der Waals surface area contributed by atoms with Gasteiger partial charge in [-0.3, -0.25) is 0 Å². The molecule has 0 aliphatic heterocycles. The molecule has 3 aromatic rings. The van der Waals surface area contributed by atoms with Gasteiger partial charge in [-0.2, -0.15) is 4.98 Å². The molecule has 2 aromatic heterocycles. The topological polar surface area (TPSA) is 117 Å². The van der Waals surface area contributed by atoms with Crippen LogP contribution in [-0.4, -0.2) is 45.6 Å². The van der Waals surface area contributed by atoms with Gasteiger partial charge >= 0.3 is 0 Å². The Morgan fingerprint density at radius 1 is 1.17 bits per heavy atom. The fourth-order valence-electron chi connectivity index (χ4n) is 2.86. The van der Waals surface area contributed by atoms with E-state index >= 15 is 0 Å². The van der Waals surface area contributed by atoms with Crippen molar-refractivity contribution in [2.24, 2.45) is 5.73 Å². The molecule has 0 aliphatic rings. The summed E-state index contributed by atoms with van der Waals surface area (Å²) >= 11 is 6.25. The number of benzene rings is 1. The van der Waals surface area contributed by atoms with Gasteiger partial charge in [0, 0.05) is 18.3 Å². The molecule has 0 saturated carbocycles. The summed E-state index contributed by atoms with van der Waals surface area (Å²) < 4.78 is 16.7. The van der Waals surface area contributed by atoms with Crippen molar-refractivity contribution < 1.29 is 19.1 Å². The second-order valence-electron chi connectivity index (χ2n) is 7.24. The van der Waals surface area contributed by atoms with Gasteiger partial charge in [-0.15, -0.1) is 0 Å². The zero-order valence-corrected chi connectivity index (χ0v) is 18.1. The van der Waals surface area contributed by atoms with Crippen molar-refractivity contribution in [3.63, 3.8) is 0 Å². The second kappa shape index (κ2) is 9.42. The molecule has 8 nitrogen and oxygen atoms in total. The van der Waals surface area contributed by atoms with E-state index in [-0.39, 0.29) is 19.3 Å². The highest BCUT2D eigenvalue weighted by atomic mass is 35.5. The quantitative estimate of drug-likeness (QED) is 0.555. The van der Waals surface area contributed by atoms with Gasteiger partial charge in [0.1, 0.15) is 23.5 Å². The number of rotatable bonds is 8. The minimum Gasteiger partial charge on any atom is -0.490 e. The van der Waals surface area contributed by atoms with Crippen LogP contribution in [0, 0.1) is 13.8 Å². The highest BCUT2D eigenvalue weighted by Crippen LogP contribution is 2.32. The van der Waals surface area contributed by atoms with Crippen molar-refractivity contribution in [3.8, 4) is 34.5 Å². The number of ether oxygens (including phenoxy) is 2. The van der Waals surface area contributed by atoms with Crippen LogP contribution in [0.2, 0.25) is 5.02 Å². The van der Waals surface area contributed by atoms with E-state index in [2.05, 4.69) is 15.1 Å². The number of nitrogens with zero attached hydrogens (tertiary/aromatic N) is 3. The Labute approximate surface area is 180 Å². The molecule has 0 saturated heterocycles. The number of halogens is 1. The van der Waals surface area contributed by atoms with E-state index < -0.39 is 6.10 Å². The van der Waals surface area contributed by atoms with E-state index in [1.807, 2.05) is 39.8 Å². The maximum Gasteiger partial charge on any atom is 0.259 e. The summed E-state index contributed by atoms with van der Waals surface area (Å²) in [5.74, 6) is 1.80. The van der Waals surface area contributed by atoms with E-state index in [0.29, 0.717) is 33.9 Å². The zero-order chi connectivity index (χ0) is 21.8. The van der Waals surface area contributed by atoms with Gasteiger partial charge in [0.2, 0.25) is 11.7 Å². The molecule has 160 valence electrons. The average Bonchev–Trinajstić information content (AvgIpc) is 3.18. The number of aliphatic hydroxyl groups is 1. The Balaban J connectivity index is 1.83. The Morgan fingerprint density at radius 3 is 2.47 bits per heavy atom. The largest absolute Gasteiger partial charge is 0.490 e. The lowest BCUT2D eigenvalue weighted by Crippen LogP contribution is -2.26. The van der Waals surface area contributed by atoms with Gasteiger partial charge in [0.25, 0.3) is 5.89 Å². The first-order valence-corrected chi connectivity index (χ1v) is 9.95. The smallest absolute Gasteiger partial charge is 0.259 e. The highest BCUT2D eigenvalue weighted by Gasteiger charge is 2.16. The number of aromatic nitrogens is 3. The van der Waals surface area contributed by atoms with Crippen LogP contribution in [0.1, 0.15) is 25.0 Å². The zero-order valence-electron chi connectivity index (χ0n) is 17.3. The SMILES string of the molecule is Cc1cc(-c2noc(-c3cnc(OC(C)C)c(Cl)c3)n2)cc(C)c1OC[C@@H](O)CN. The standard InChI is InChI=1S/C21H25ClN4O4/c1-11(2)29-21-17(22)7-15(9-24-21)20-25-19(26-30-20)14-5-12(3)18(13(4)6-14)28-10-16(27)8-23/h5-7,9,11,16,27H,8,10,23H2,1-4H3/t16-/m0/s1. The molecule has 0 aliphatic carbocycles. The van der Waals surface area contributed by atoms with Crippen LogP contribution in [0.4, 0.5) is 0 Å². The van der Waals surface area contributed by atoms with Crippen LogP contribution >= 0.6 is 11.6 Å². The minimum atomic E-state index is -0.707.